The highest BCUT2D eigenvalue weighted by Crippen LogP contribution is 2.29. The lowest BCUT2D eigenvalue weighted by atomic mass is 9.81. The quantitative estimate of drug-likeness (QED) is 0.625. The van der Waals surface area contributed by atoms with Gasteiger partial charge in [0.15, 0.2) is 0 Å². The second-order valence-electron chi connectivity index (χ2n) is 6.15. The van der Waals surface area contributed by atoms with Gasteiger partial charge in [0.25, 0.3) is 0 Å². The first-order valence-electron chi connectivity index (χ1n) is 7.74. The van der Waals surface area contributed by atoms with Crippen LogP contribution in [0, 0.1) is 0 Å². The largest absolute Gasteiger partial charge is 0.463 e. The second-order valence-corrected chi connectivity index (χ2v) is 6.15. The minimum Gasteiger partial charge on any atom is -0.463 e. The molecule has 0 aromatic heterocycles. The topological polar surface area (TPSA) is 78.3 Å². The van der Waals surface area contributed by atoms with Crippen molar-refractivity contribution in [1.29, 1.82) is 0 Å². The van der Waals surface area contributed by atoms with Gasteiger partial charge in [0.1, 0.15) is 0 Å². The Balaban J connectivity index is 3.09. The van der Waals surface area contributed by atoms with E-state index in [4.69, 9.17) is 16.2 Å². The summed E-state index contributed by atoms with van der Waals surface area (Å²) < 4.78 is 5.05. The maximum absolute atomic E-state index is 12.0. The highest BCUT2D eigenvalue weighted by molar-refractivity contribution is 5.90. The highest BCUT2D eigenvalue weighted by atomic mass is 16.5. The zero-order valence-electron chi connectivity index (χ0n) is 14.3. The molecule has 1 rings (SSSR count). The Morgan fingerprint density at radius 2 is 1.77 bits per heavy atom. The maximum atomic E-state index is 12.0. The van der Waals surface area contributed by atoms with E-state index in [2.05, 4.69) is 32.9 Å². The number of rotatable bonds is 6. The molecule has 0 aliphatic heterocycles. The van der Waals surface area contributed by atoms with Crippen molar-refractivity contribution in [1.82, 2.24) is 0 Å². The zero-order chi connectivity index (χ0) is 16.9. The van der Waals surface area contributed by atoms with Crippen LogP contribution >= 0.6 is 0 Å². The molecule has 0 radical (unpaired) electrons. The van der Waals surface area contributed by atoms with E-state index in [9.17, 15) is 4.79 Å². The van der Waals surface area contributed by atoms with Crippen LogP contribution in [0.15, 0.2) is 35.5 Å². The summed E-state index contributed by atoms with van der Waals surface area (Å²) >= 11 is 0. The summed E-state index contributed by atoms with van der Waals surface area (Å²) in [4.78, 5) is 12.0. The van der Waals surface area contributed by atoms with Crippen LogP contribution in [0.4, 0.5) is 0 Å². The van der Waals surface area contributed by atoms with Gasteiger partial charge in [0.2, 0.25) is 0 Å². The molecule has 4 N–H and O–H groups in total. The number of benzene rings is 1. The molecule has 0 amide bonds. The fraction of sp³-hybridized carbons (Fsp3) is 0.500. The molecule has 0 saturated carbocycles. The van der Waals surface area contributed by atoms with Gasteiger partial charge in [-0.15, -0.1) is 0 Å². The van der Waals surface area contributed by atoms with Gasteiger partial charge in [-0.05, 0) is 36.8 Å². The Kier molecular flexibility index (Phi) is 6.18. The van der Waals surface area contributed by atoms with Crippen molar-refractivity contribution >= 4 is 5.97 Å². The summed E-state index contributed by atoms with van der Waals surface area (Å²) in [6, 6.07) is 7.46. The fourth-order valence-electron chi connectivity index (χ4n) is 2.25. The first-order chi connectivity index (χ1) is 10.2. The molecule has 22 heavy (non-hydrogen) atoms. The Morgan fingerprint density at radius 1 is 1.23 bits per heavy atom. The van der Waals surface area contributed by atoms with Gasteiger partial charge in [0.05, 0.1) is 18.2 Å². The number of ether oxygens (including phenoxy) is 1. The van der Waals surface area contributed by atoms with Gasteiger partial charge in [-0.3, -0.25) is 0 Å². The van der Waals surface area contributed by atoms with Crippen molar-refractivity contribution in [2.24, 2.45) is 11.5 Å². The molecular weight excluding hydrogens is 276 g/mol. The monoisotopic (exact) mass is 304 g/mol. The van der Waals surface area contributed by atoms with E-state index in [1.165, 1.54) is 5.56 Å². The molecule has 4 nitrogen and oxygen atoms in total. The van der Waals surface area contributed by atoms with Gasteiger partial charge in [-0.1, -0.05) is 45.0 Å². The number of carbonyl (C=O) groups is 1. The van der Waals surface area contributed by atoms with Crippen LogP contribution in [0.5, 0.6) is 0 Å². The van der Waals surface area contributed by atoms with E-state index in [0.717, 1.165) is 12.0 Å². The van der Waals surface area contributed by atoms with Crippen molar-refractivity contribution in [2.45, 2.75) is 52.5 Å². The molecule has 1 aromatic rings. The van der Waals surface area contributed by atoms with Crippen LogP contribution in [-0.2, 0) is 14.9 Å². The molecule has 0 fully saturated rings. The Hall–Kier alpha value is -1.81. The molecule has 0 bridgehead atoms. The summed E-state index contributed by atoms with van der Waals surface area (Å²) in [6.07, 6.45) is 1.05. The molecule has 0 aliphatic rings. The smallest absolute Gasteiger partial charge is 0.337 e. The first-order valence-corrected chi connectivity index (χ1v) is 7.74. The van der Waals surface area contributed by atoms with E-state index in [1.54, 1.807) is 13.8 Å². The Morgan fingerprint density at radius 3 is 2.18 bits per heavy atom. The molecule has 1 atom stereocenters. The van der Waals surface area contributed by atoms with E-state index in [-0.39, 0.29) is 5.41 Å². The number of nitrogens with two attached hydrogens (primary N) is 2. The van der Waals surface area contributed by atoms with Gasteiger partial charge < -0.3 is 16.2 Å². The lowest BCUT2D eigenvalue weighted by molar-refractivity contribution is -0.138. The van der Waals surface area contributed by atoms with Crippen LogP contribution in [0.25, 0.3) is 0 Å². The predicted molar refractivity (Wildman–Crippen MR) is 90.2 cm³/mol. The zero-order valence-corrected chi connectivity index (χ0v) is 14.3. The van der Waals surface area contributed by atoms with Crippen LogP contribution in [0.2, 0.25) is 0 Å². The van der Waals surface area contributed by atoms with Crippen LogP contribution < -0.4 is 11.5 Å². The average Bonchev–Trinajstić information content (AvgIpc) is 2.47. The summed E-state index contributed by atoms with van der Waals surface area (Å²) in [5.74, 6) is -0.451. The normalized spacial score (nSPS) is 14.3. The predicted octanol–water partition coefficient (Wildman–Crippen LogP) is 3.17. The minimum atomic E-state index is -0.581. The lowest BCUT2D eigenvalue weighted by Crippen LogP contribution is -2.24. The lowest BCUT2D eigenvalue weighted by Gasteiger charge is -2.24. The van der Waals surface area contributed by atoms with Gasteiger partial charge >= 0.3 is 5.97 Å². The van der Waals surface area contributed by atoms with E-state index >= 15 is 0 Å². The minimum absolute atomic E-state index is 0.117. The fourth-order valence-corrected chi connectivity index (χ4v) is 2.25. The third kappa shape index (κ3) is 4.10. The SMILES string of the molecule is CCOC(=O)/C(=C(\C)N)C(N)c1ccc(C(C)(C)CC)cc1. The van der Waals surface area contributed by atoms with Gasteiger partial charge in [0, 0.05) is 5.70 Å². The van der Waals surface area contributed by atoms with E-state index in [1.807, 2.05) is 12.1 Å². The Bertz CT molecular complexity index is 541. The summed E-state index contributed by atoms with van der Waals surface area (Å²) in [7, 11) is 0. The van der Waals surface area contributed by atoms with Crippen molar-refractivity contribution in [3.8, 4) is 0 Å². The summed E-state index contributed by atoms with van der Waals surface area (Å²) in [6.45, 7) is 10.3. The number of allylic oxidation sites excluding steroid dienone is 1. The molecule has 0 heterocycles. The van der Waals surface area contributed by atoms with Gasteiger partial charge in [-0.2, -0.15) is 0 Å². The van der Waals surface area contributed by atoms with Crippen molar-refractivity contribution < 1.29 is 9.53 Å². The molecule has 0 saturated heterocycles. The summed E-state index contributed by atoms with van der Waals surface area (Å²) in [5, 5.41) is 0. The van der Waals surface area contributed by atoms with Gasteiger partial charge in [-0.25, -0.2) is 4.79 Å². The first kappa shape index (κ1) is 18.2. The molecule has 1 unspecified atom stereocenters. The molecule has 0 spiro atoms. The standard InChI is InChI=1S/C18H28N2O2/c1-6-18(4,5)14-10-8-13(9-11-14)16(20)15(12(3)19)17(21)22-7-2/h8-11,16H,6-7,19-20H2,1-5H3/b15-12+. The van der Waals surface area contributed by atoms with Crippen molar-refractivity contribution in [2.75, 3.05) is 6.61 Å². The molecular formula is C18H28N2O2. The van der Waals surface area contributed by atoms with E-state index in [0.29, 0.717) is 17.9 Å². The van der Waals surface area contributed by atoms with Crippen molar-refractivity contribution in [3.63, 3.8) is 0 Å². The third-order valence-corrected chi connectivity index (χ3v) is 4.17. The highest BCUT2D eigenvalue weighted by Gasteiger charge is 2.23. The second kappa shape index (κ2) is 7.45. The molecule has 122 valence electrons. The Labute approximate surface area is 133 Å². The molecule has 4 heteroatoms. The van der Waals surface area contributed by atoms with Crippen molar-refractivity contribution in [3.05, 3.63) is 46.7 Å². The molecule has 0 aliphatic carbocycles. The maximum Gasteiger partial charge on any atom is 0.337 e. The average molecular weight is 304 g/mol. The summed E-state index contributed by atoms with van der Waals surface area (Å²) in [5.41, 5.74) is 15.0. The number of hydrogen-bond donors (Lipinski definition) is 2. The van der Waals surface area contributed by atoms with Crippen LogP contribution in [0.1, 0.15) is 58.2 Å². The number of esters is 1. The number of hydrogen-bond acceptors (Lipinski definition) is 4. The number of carbonyl (C=O) groups excluding carboxylic acids is 1. The van der Waals surface area contributed by atoms with Crippen LogP contribution in [-0.4, -0.2) is 12.6 Å². The van der Waals surface area contributed by atoms with Crippen LogP contribution in [0.3, 0.4) is 0 Å². The van der Waals surface area contributed by atoms with E-state index < -0.39 is 12.0 Å². The third-order valence-electron chi connectivity index (χ3n) is 4.17. The molecule has 1 aromatic carbocycles.